The van der Waals surface area contributed by atoms with Gasteiger partial charge in [0, 0.05) is 30.3 Å². The average molecular weight is 587 g/mol. The molecule has 0 bridgehead atoms. The van der Waals surface area contributed by atoms with Gasteiger partial charge in [-0.2, -0.15) is 0 Å². The number of aromatic nitrogens is 2. The number of nitrogens with two attached hydrogens (primary N) is 2. The maximum atomic E-state index is 15.6. The molecule has 10 nitrogen and oxygen atoms in total. The number of carbonyl (C=O) groups is 2. The summed E-state index contributed by atoms with van der Waals surface area (Å²) >= 11 is 0. The quantitative estimate of drug-likeness (QED) is 0.271. The highest BCUT2D eigenvalue weighted by atomic mass is 19.1. The first-order valence-electron chi connectivity index (χ1n) is 12.7. The zero-order valence-electron chi connectivity index (χ0n) is 23.1. The van der Waals surface area contributed by atoms with Crippen LogP contribution in [-0.4, -0.2) is 35.6 Å². The van der Waals surface area contributed by atoms with Crippen LogP contribution in [0.3, 0.4) is 0 Å². The summed E-state index contributed by atoms with van der Waals surface area (Å²) in [5, 5.41) is 0.518. The van der Waals surface area contributed by atoms with E-state index in [4.69, 9.17) is 25.7 Å². The van der Waals surface area contributed by atoms with E-state index in [-0.39, 0.29) is 39.6 Å². The molecule has 43 heavy (non-hydrogen) atoms. The van der Waals surface area contributed by atoms with Gasteiger partial charge in [-0.3, -0.25) is 19.4 Å². The van der Waals surface area contributed by atoms with Crippen LogP contribution in [0.4, 0.5) is 8.78 Å². The Kier molecular flexibility index (Phi) is 7.51. The summed E-state index contributed by atoms with van der Waals surface area (Å²) in [6.45, 7) is 0. The molecule has 0 fully saturated rings. The number of benzene rings is 3. The summed E-state index contributed by atoms with van der Waals surface area (Å²) in [4.78, 5) is 43.1. The van der Waals surface area contributed by atoms with Crippen LogP contribution < -0.4 is 31.1 Å². The lowest BCUT2D eigenvalue weighted by atomic mass is 9.95. The number of ether oxygens (including phenoxy) is 3. The monoisotopic (exact) mass is 586 g/mol. The molecular weight excluding hydrogens is 562 g/mol. The molecule has 12 heteroatoms. The van der Waals surface area contributed by atoms with Gasteiger partial charge in [0.1, 0.15) is 22.8 Å². The molecule has 3 aromatic carbocycles. The molecule has 0 aliphatic carbocycles. The van der Waals surface area contributed by atoms with E-state index in [1.165, 1.54) is 56.3 Å². The van der Waals surface area contributed by atoms with Crippen molar-refractivity contribution in [1.29, 1.82) is 0 Å². The number of pyridine rings is 2. The van der Waals surface area contributed by atoms with Gasteiger partial charge in [0.2, 0.25) is 5.43 Å². The molecule has 218 valence electrons. The molecule has 0 atom stereocenters. The molecule has 0 radical (unpaired) electrons. The number of amides is 2. The lowest BCUT2D eigenvalue weighted by Crippen LogP contribution is -2.32. The number of methoxy groups -OCH3 is 2. The zero-order chi connectivity index (χ0) is 31.0. The molecule has 0 unspecified atom stereocenters. The van der Waals surface area contributed by atoms with Crippen molar-refractivity contribution >= 4 is 22.7 Å². The fourth-order valence-corrected chi connectivity index (χ4v) is 4.91. The summed E-state index contributed by atoms with van der Waals surface area (Å²) in [7, 11) is 4.34. The molecule has 0 aliphatic rings. The van der Waals surface area contributed by atoms with Gasteiger partial charge in [-0.05, 0) is 48.0 Å². The molecule has 5 rings (SSSR count). The maximum absolute atomic E-state index is 15.6. The average Bonchev–Trinajstić information content (AvgIpc) is 2.98. The molecule has 2 amide bonds. The van der Waals surface area contributed by atoms with E-state index in [0.717, 1.165) is 18.2 Å². The van der Waals surface area contributed by atoms with Crippen molar-refractivity contribution < 1.29 is 32.6 Å². The molecule has 0 aliphatic heterocycles. The number of fused-ring (bicyclic) bond motifs is 1. The highest BCUT2D eigenvalue weighted by Crippen LogP contribution is 2.38. The van der Waals surface area contributed by atoms with Crippen molar-refractivity contribution in [2.45, 2.75) is 0 Å². The zero-order valence-corrected chi connectivity index (χ0v) is 23.1. The molecule has 0 spiro atoms. The van der Waals surface area contributed by atoms with Crippen molar-refractivity contribution in [3.8, 4) is 45.4 Å². The van der Waals surface area contributed by atoms with E-state index < -0.39 is 34.4 Å². The van der Waals surface area contributed by atoms with Crippen LogP contribution in [0.2, 0.25) is 0 Å². The van der Waals surface area contributed by atoms with Crippen LogP contribution in [0.25, 0.3) is 33.3 Å². The highest BCUT2D eigenvalue weighted by molar-refractivity contribution is 6.05. The fraction of sp³-hybridized carbons (Fsp3) is 0.0968. The largest absolute Gasteiger partial charge is 0.493 e. The van der Waals surface area contributed by atoms with Crippen molar-refractivity contribution in [3.63, 3.8) is 0 Å². The minimum Gasteiger partial charge on any atom is -0.493 e. The Morgan fingerprint density at radius 3 is 2.07 bits per heavy atom. The molecule has 4 N–H and O–H groups in total. The Bertz CT molecular complexity index is 1990. The summed E-state index contributed by atoms with van der Waals surface area (Å²) in [6, 6.07) is 13.3. The van der Waals surface area contributed by atoms with E-state index in [1.807, 2.05) is 0 Å². The Hall–Kier alpha value is -5.78. The highest BCUT2D eigenvalue weighted by Gasteiger charge is 2.28. The lowest BCUT2D eigenvalue weighted by Gasteiger charge is -2.20. The van der Waals surface area contributed by atoms with Crippen molar-refractivity contribution in [2.24, 2.45) is 18.5 Å². The number of primary amides is 2. The summed E-state index contributed by atoms with van der Waals surface area (Å²) in [6.07, 6.45) is 1.48. The predicted molar refractivity (Wildman–Crippen MR) is 154 cm³/mol. The first-order valence-corrected chi connectivity index (χ1v) is 12.7. The number of halogens is 2. The number of nitrogens with zero attached hydrogens (tertiary/aromatic N) is 2. The topological polar surface area (TPSA) is 149 Å². The van der Waals surface area contributed by atoms with Gasteiger partial charge >= 0.3 is 0 Å². The number of rotatable bonds is 8. The number of hydrogen-bond donors (Lipinski definition) is 2. The van der Waals surface area contributed by atoms with Crippen molar-refractivity contribution in [2.75, 3.05) is 14.2 Å². The first kappa shape index (κ1) is 28.7. The van der Waals surface area contributed by atoms with Gasteiger partial charge in [0.15, 0.2) is 23.1 Å². The van der Waals surface area contributed by atoms with Crippen LogP contribution in [0.1, 0.15) is 20.8 Å². The summed E-state index contributed by atoms with van der Waals surface area (Å²) in [5.41, 5.74) is 9.83. The third-order valence-electron chi connectivity index (χ3n) is 6.84. The van der Waals surface area contributed by atoms with E-state index in [2.05, 4.69) is 4.98 Å². The van der Waals surface area contributed by atoms with Crippen LogP contribution in [0.15, 0.2) is 71.7 Å². The second-order valence-corrected chi connectivity index (χ2v) is 9.35. The molecule has 2 heterocycles. The van der Waals surface area contributed by atoms with Gasteiger partial charge in [-0.1, -0.05) is 12.1 Å². The third-order valence-corrected chi connectivity index (χ3v) is 6.84. The second-order valence-electron chi connectivity index (χ2n) is 9.35. The summed E-state index contributed by atoms with van der Waals surface area (Å²) < 4.78 is 46.9. The summed E-state index contributed by atoms with van der Waals surface area (Å²) in [5.74, 6) is -2.61. The van der Waals surface area contributed by atoms with E-state index >= 15 is 4.39 Å². The van der Waals surface area contributed by atoms with E-state index in [0.29, 0.717) is 22.4 Å². The van der Waals surface area contributed by atoms with Gasteiger partial charge in [0.25, 0.3) is 11.8 Å². The van der Waals surface area contributed by atoms with Gasteiger partial charge in [-0.15, -0.1) is 0 Å². The predicted octanol–water partition coefficient (Wildman–Crippen LogP) is 4.55. The van der Waals surface area contributed by atoms with Crippen molar-refractivity contribution in [3.05, 3.63) is 100.0 Å². The van der Waals surface area contributed by atoms with E-state index in [9.17, 15) is 18.8 Å². The fourth-order valence-electron chi connectivity index (χ4n) is 4.91. The molecule has 0 saturated carbocycles. The Morgan fingerprint density at radius 2 is 1.47 bits per heavy atom. The molecular formula is C31H24F2N4O6. The minimum absolute atomic E-state index is 0.0393. The first-order chi connectivity index (χ1) is 20.5. The minimum atomic E-state index is -1.12. The Morgan fingerprint density at radius 1 is 0.814 bits per heavy atom. The molecule has 2 aromatic heterocycles. The van der Waals surface area contributed by atoms with Crippen molar-refractivity contribution in [1.82, 2.24) is 9.55 Å². The Balaban J connectivity index is 1.65. The van der Waals surface area contributed by atoms with Gasteiger partial charge in [-0.25, -0.2) is 8.78 Å². The Labute approximate surface area is 243 Å². The lowest BCUT2D eigenvalue weighted by molar-refractivity contribution is 0.0981. The normalized spacial score (nSPS) is 10.9. The third kappa shape index (κ3) is 5.10. The van der Waals surface area contributed by atoms with E-state index in [1.54, 1.807) is 18.2 Å². The van der Waals surface area contributed by atoms with Gasteiger partial charge < -0.3 is 30.2 Å². The maximum Gasteiger partial charge on any atom is 0.266 e. The molecule has 5 aromatic rings. The standard InChI is InChI=1S/C31H24F2N4O6/c1-37-27(26(30(34)39)29(38)25(28(37)31(35)40)15-4-7-17(32)8-5-15)16-6-9-22(19(33)12-16)43-21-10-11-36-20-14-24(42-3)23(41-2)13-18(20)21/h4-14H,1-3H3,(H2,34,39)(H2,35,40). The number of carbonyl (C=O) groups excluding carboxylic acids is 2. The van der Waals surface area contributed by atoms with Crippen LogP contribution >= 0.6 is 0 Å². The van der Waals surface area contributed by atoms with Crippen LogP contribution in [0, 0.1) is 11.6 Å². The van der Waals surface area contributed by atoms with Crippen LogP contribution in [-0.2, 0) is 7.05 Å². The SMILES string of the molecule is COc1cc2nccc(Oc3ccc(-c4c(C(N)=O)c(=O)c(-c5ccc(F)cc5)c(C(N)=O)n4C)cc3F)c2cc1OC. The second kappa shape index (κ2) is 11.2. The van der Waals surface area contributed by atoms with Crippen LogP contribution in [0.5, 0.6) is 23.0 Å². The smallest absolute Gasteiger partial charge is 0.266 e. The van der Waals surface area contributed by atoms with Gasteiger partial charge in [0.05, 0.1) is 31.0 Å². The number of hydrogen-bond acceptors (Lipinski definition) is 7. The molecule has 0 saturated heterocycles.